The van der Waals surface area contributed by atoms with Crippen molar-refractivity contribution in [2.45, 2.75) is 66.2 Å². The quantitative estimate of drug-likeness (QED) is 0.380. The molecule has 0 aliphatic rings. The lowest BCUT2D eigenvalue weighted by Crippen LogP contribution is -2.48. The molecule has 0 spiro atoms. The maximum atomic E-state index is 9.99. The molecule has 0 amide bonds. The SMILES string of the molecule is CC(C)CCCCCC(=O)[O-].CCC[N+](C)(CC)CN. The molecule has 1 unspecified atom stereocenters. The molecule has 0 aromatic rings. The molecule has 0 radical (unpaired) electrons. The standard InChI is InChI=1S/C9H18O2.C7H19N2/c1-8(2)6-4-3-5-7-9(10)11;1-4-6-9(3,5-2)7-8/h8H,3-7H2,1-2H3,(H,10,11);4-8H2,1-3H3/q;+1/p-1. The van der Waals surface area contributed by atoms with Gasteiger partial charge in [-0.25, -0.2) is 0 Å². The van der Waals surface area contributed by atoms with E-state index in [0.717, 1.165) is 42.9 Å². The number of quaternary nitrogens is 1. The van der Waals surface area contributed by atoms with E-state index in [4.69, 9.17) is 5.73 Å². The number of carboxylic acid groups (broad SMARTS) is 1. The van der Waals surface area contributed by atoms with Gasteiger partial charge < -0.3 is 14.4 Å². The maximum Gasteiger partial charge on any atom is 0.129 e. The number of carbonyl (C=O) groups is 1. The van der Waals surface area contributed by atoms with E-state index < -0.39 is 5.97 Å². The van der Waals surface area contributed by atoms with Gasteiger partial charge in [0.25, 0.3) is 0 Å². The van der Waals surface area contributed by atoms with Crippen molar-refractivity contribution in [1.29, 1.82) is 0 Å². The lowest BCUT2D eigenvalue weighted by Gasteiger charge is -2.30. The second kappa shape index (κ2) is 13.4. The van der Waals surface area contributed by atoms with E-state index in [1.165, 1.54) is 19.4 Å². The summed E-state index contributed by atoms with van der Waals surface area (Å²) in [5.41, 5.74) is 5.58. The number of rotatable bonds is 10. The first-order chi connectivity index (χ1) is 9.31. The van der Waals surface area contributed by atoms with Crippen LogP contribution in [-0.2, 0) is 4.79 Å². The number of nitrogens with two attached hydrogens (primary N) is 1. The van der Waals surface area contributed by atoms with Crippen molar-refractivity contribution >= 4 is 5.97 Å². The van der Waals surface area contributed by atoms with E-state index in [1.807, 2.05) is 0 Å². The molecule has 20 heavy (non-hydrogen) atoms. The number of carbonyl (C=O) groups excluding carboxylic acids is 1. The summed E-state index contributed by atoms with van der Waals surface area (Å²) >= 11 is 0. The Labute approximate surface area is 125 Å². The molecule has 0 fully saturated rings. The van der Waals surface area contributed by atoms with Crippen molar-refractivity contribution in [2.24, 2.45) is 11.7 Å². The summed E-state index contributed by atoms with van der Waals surface area (Å²) in [6.45, 7) is 11.9. The number of nitrogens with zero attached hydrogens (tertiary/aromatic N) is 1. The highest BCUT2D eigenvalue weighted by Crippen LogP contribution is 2.08. The van der Waals surface area contributed by atoms with Crippen molar-refractivity contribution in [3.05, 3.63) is 0 Å². The molecule has 1 atom stereocenters. The van der Waals surface area contributed by atoms with Gasteiger partial charge in [0, 0.05) is 5.97 Å². The Morgan fingerprint density at radius 2 is 1.80 bits per heavy atom. The molecule has 4 heteroatoms. The van der Waals surface area contributed by atoms with Crippen molar-refractivity contribution in [3.63, 3.8) is 0 Å². The first kappa shape index (κ1) is 21.7. The molecule has 0 aromatic heterocycles. The summed E-state index contributed by atoms with van der Waals surface area (Å²) in [7, 11) is 2.20. The third-order valence-corrected chi connectivity index (χ3v) is 3.63. The molecule has 4 nitrogen and oxygen atoms in total. The van der Waals surface area contributed by atoms with Crippen LogP contribution in [0, 0.1) is 5.92 Å². The summed E-state index contributed by atoms with van der Waals surface area (Å²) in [6, 6.07) is 0. The van der Waals surface area contributed by atoms with Crippen molar-refractivity contribution in [3.8, 4) is 0 Å². The van der Waals surface area contributed by atoms with Crippen LogP contribution in [0.2, 0.25) is 0 Å². The Kier molecular flexibility index (Phi) is 14.5. The molecule has 0 saturated carbocycles. The Morgan fingerprint density at radius 3 is 2.10 bits per heavy atom. The van der Waals surface area contributed by atoms with Gasteiger partial charge in [0.1, 0.15) is 6.67 Å². The van der Waals surface area contributed by atoms with Gasteiger partial charge in [0.15, 0.2) is 0 Å². The van der Waals surface area contributed by atoms with Crippen LogP contribution in [0.4, 0.5) is 0 Å². The van der Waals surface area contributed by atoms with Crippen LogP contribution >= 0.6 is 0 Å². The van der Waals surface area contributed by atoms with E-state index in [1.54, 1.807) is 0 Å². The minimum atomic E-state index is -0.922. The van der Waals surface area contributed by atoms with E-state index in [0.29, 0.717) is 0 Å². The minimum Gasteiger partial charge on any atom is -0.550 e. The molecular formula is C16H36N2O2. The van der Waals surface area contributed by atoms with Gasteiger partial charge in [-0.15, -0.1) is 0 Å². The summed E-state index contributed by atoms with van der Waals surface area (Å²) in [5.74, 6) is -0.187. The van der Waals surface area contributed by atoms with Crippen LogP contribution in [0.3, 0.4) is 0 Å². The van der Waals surface area contributed by atoms with Gasteiger partial charge in [0.05, 0.1) is 20.1 Å². The average Bonchev–Trinajstić information content (AvgIpc) is 2.38. The molecule has 0 rings (SSSR count). The highest BCUT2D eigenvalue weighted by atomic mass is 16.4. The fraction of sp³-hybridized carbons (Fsp3) is 0.938. The number of hydrogen-bond donors (Lipinski definition) is 1. The zero-order valence-corrected chi connectivity index (χ0v) is 14.3. The number of hydrogen-bond acceptors (Lipinski definition) is 3. The first-order valence-electron chi connectivity index (χ1n) is 8.04. The summed E-state index contributed by atoms with van der Waals surface area (Å²) in [6.07, 6.45) is 5.58. The predicted molar refractivity (Wildman–Crippen MR) is 83.9 cm³/mol. The third-order valence-electron chi connectivity index (χ3n) is 3.63. The monoisotopic (exact) mass is 288 g/mol. The van der Waals surface area contributed by atoms with E-state index >= 15 is 0 Å². The van der Waals surface area contributed by atoms with Crippen LogP contribution in [-0.4, -0.2) is 37.3 Å². The van der Waals surface area contributed by atoms with E-state index in [2.05, 4.69) is 34.7 Å². The third kappa shape index (κ3) is 15.4. The van der Waals surface area contributed by atoms with Crippen molar-refractivity contribution < 1.29 is 14.4 Å². The van der Waals surface area contributed by atoms with E-state index in [9.17, 15) is 9.90 Å². The average molecular weight is 288 g/mol. The van der Waals surface area contributed by atoms with Crippen LogP contribution in [0.15, 0.2) is 0 Å². The van der Waals surface area contributed by atoms with Crippen molar-refractivity contribution in [1.82, 2.24) is 0 Å². The molecule has 0 bridgehead atoms. The lowest BCUT2D eigenvalue weighted by molar-refractivity contribution is -0.907. The number of aliphatic carboxylic acids is 1. The van der Waals surface area contributed by atoms with Gasteiger partial charge >= 0.3 is 0 Å². The minimum absolute atomic E-state index is 0.220. The van der Waals surface area contributed by atoms with E-state index in [-0.39, 0.29) is 6.42 Å². The van der Waals surface area contributed by atoms with Crippen LogP contribution in [0.1, 0.15) is 66.2 Å². The molecular weight excluding hydrogens is 252 g/mol. The predicted octanol–water partition coefficient (Wildman–Crippen LogP) is 2.12. The molecule has 0 saturated heterocycles. The first-order valence-corrected chi connectivity index (χ1v) is 8.04. The highest BCUT2D eigenvalue weighted by molar-refractivity contribution is 5.63. The summed E-state index contributed by atoms with van der Waals surface area (Å²) < 4.78 is 1.01. The van der Waals surface area contributed by atoms with Gasteiger partial charge in [-0.1, -0.05) is 40.0 Å². The molecule has 0 heterocycles. The molecule has 0 aliphatic heterocycles. The molecule has 2 N–H and O–H groups in total. The second-order valence-corrected chi connectivity index (χ2v) is 6.21. The normalized spacial score (nSPS) is 13.6. The smallest absolute Gasteiger partial charge is 0.129 e. The number of carboxylic acids is 1. The van der Waals surface area contributed by atoms with Crippen LogP contribution in [0.25, 0.3) is 0 Å². The fourth-order valence-corrected chi connectivity index (χ4v) is 1.92. The van der Waals surface area contributed by atoms with Gasteiger partial charge in [-0.05, 0) is 32.1 Å². The number of unbranched alkanes of at least 4 members (excludes halogenated alkanes) is 2. The summed E-state index contributed by atoms with van der Waals surface area (Å²) in [4.78, 5) is 9.99. The Morgan fingerprint density at radius 1 is 1.20 bits per heavy atom. The second-order valence-electron chi connectivity index (χ2n) is 6.21. The van der Waals surface area contributed by atoms with Crippen LogP contribution in [0.5, 0.6) is 0 Å². The zero-order valence-electron chi connectivity index (χ0n) is 14.3. The molecule has 122 valence electrons. The Hall–Kier alpha value is -0.610. The van der Waals surface area contributed by atoms with Gasteiger partial charge in [0.2, 0.25) is 0 Å². The fourth-order valence-electron chi connectivity index (χ4n) is 1.92. The highest BCUT2D eigenvalue weighted by Gasteiger charge is 2.13. The topological polar surface area (TPSA) is 66.1 Å². The van der Waals surface area contributed by atoms with Gasteiger partial charge in [-0.2, -0.15) is 0 Å². The summed E-state index contributed by atoms with van der Waals surface area (Å²) in [5, 5.41) is 9.99. The molecule has 0 aliphatic carbocycles. The lowest BCUT2D eigenvalue weighted by atomic mass is 10.0. The Balaban J connectivity index is 0. The van der Waals surface area contributed by atoms with Gasteiger partial charge in [-0.3, -0.25) is 5.73 Å². The maximum absolute atomic E-state index is 9.99. The Bertz CT molecular complexity index is 227. The largest absolute Gasteiger partial charge is 0.550 e. The molecule has 0 aromatic carbocycles. The van der Waals surface area contributed by atoms with Crippen molar-refractivity contribution in [2.75, 3.05) is 26.8 Å². The van der Waals surface area contributed by atoms with Crippen LogP contribution < -0.4 is 10.8 Å². The zero-order chi connectivity index (χ0) is 16.0.